The Kier molecular flexibility index (Phi) is 19.2. The summed E-state index contributed by atoms with van der Waals surface area (Å²) < 4.78 is 10.9. The predicted molar refractivity (Wildman–Crippen MR) is 144 cm³/mol. The summed E-state index contributed by atoms with van der Waals surface area (Å²) in [7, 11) is 0. The van der Waals surface area contributed by atoms with Crippen LogP contribution in [0.2, 0.25) is 0 Å². The number of hydrogen-bond donors (Lipinski definition) is 7. The Morgan fingerprint density at radius 1 is 0.649 bits per heavy atom. The maximum Gasteiger partial charge on any atom is 0.187 e. The highest BCUT2D eigenvalue weighted by Crippen LogP contribution is 2.24. The maximum absolute atomic E-state index is 10.4. The van der Waals surface area contributed by atoms with Crippen LogP contribution in [0.5, 0.6) is 0 Å². The number of hydrogen-bond acceptors (Lipinski definition) is 9. The van der Waals surface area contributed by atoms with E-state index >= 15 is 0 Å². The minimum Gasteiger partial charge on any atom is -0.394 e. The van der Waals surface area contributed by atoms with Gasteiger partial charge in [0, 0.05) is 6.04 Å². The highest BCUT2D eigenvalue weighted by atomic mass is 16.7. The second-order valence-electron chi connectivity index (χ2n) is 11.1. The summed E-state index contributed by atoms with van der Waals surface area (Å²) in [6.07, 6.45) is 9.91. The van der Waals surface area contributed by atoms with E-state index in [4.69, 9.17) is 15.2 Å². The molecule has 9 nitrogen and oxygen atoms in total. The third-order valence-corrected chi connectivity index (χ3v) is 7.60. The third-order valence-electron chi connectivity index (χ3n) is 7.60. The fraction of sp³-hybridized carbons (Fsp3) is 1.00. The third kappa shape index (κ3) is 14.6. The topological polar surface area (TPSA) is 166 Å². The van der Waals surface area contributed by atoms with Crippen LogP contribution >= 0.6 is 0 Å². The van der Waals surface area contributed by atoms with E-state index in [-0.39, 0.29) is 12.1 Å². The average Bonchev–Trinajstić information content (AvgIpc) is 2.88. The fourth-order valence-electron chi connectivity index (χ4n) is 4.81. The van der Waals surface area contributed by atoms with Crippen LogP contribution in [0.1, 0.15) is 117 Å². The van der Waals surface area contributed by atoms with Crippen molar-refractivity contribution >= 4 is 0 Å². The summed E-state index contributed by atoms with van der Waals surface area (Å²) >= 11 is 0. The molecule has 8 N–H and O–H groups in total. The second kappa shape index (κ2) is 20.5. The van der Waals surface area contributed by atoms with Gasteiger partial charge in [0.05, 0.1) is 24.9 Å². The first-order valence-corrected chi connectivity index (χ1v) is 14.8. The maximum atomic E-state index is 10.4. The van der Waals surface area contributed by atoms with Crippen molar-refractivity contribution in [3.05, 3.63) is 0 Å². The quantitative estimate of drug-likeness (QED) is 0.103. The highest BCUT2D eigenvalue weighted by molar-refractivity contribution is 4.89. The molecule has 0 bridgehead atoms. The Hall–Kier alpha value is -0.360. The van der Waals surface area contributed by atoms with E-state index in [1.807, 2.05) is 6.92 Å². The van der Waals surface area contributed by atoms with Gasteiger partial charge in [0.1, 0.15) is 24.4 Å². The lowest BCUT2D eigenvalue weighted by Crippen LogP contribution is -2.60. The first-order chi connectivity index (χ1) is 17.7. The lowest BCUT2D eigenvalue weighted by atomic mass is 9.99. The highest BCUT2D eigenvalue weighted by Gasteiger charge is 2.44. The first-order valence-electron chi connectivity index (χ1n) is 14.8. The van der Waals surface area contributed by atoms with Crippen molar-refractivity contribution in [2.75, 3.05) is 6.61 Å². The number of ether oxygens (including phenoxy) is 2. The lowest BCUT2D eigenvalue weighted by molar-refractivity contribution is -0.315. The molecular weight excluding hydrogens is 478 g/mol. The van der Waals surface area contributed by atoms with Gasteiger partial charge in [-0.15, -0.1) is 0 Å². The molecule has 1 saturated heterocycles. The van der Waals surface area contributed by atoms with E-state index in [1.54, 1.807) is 6.92 Å². The van der Waals surface area contributed by atoms with Gasteiger partial charge in [-0.1, -0.05) is 89.9 Å². The van der Waals surface area contributed by atoms with Gasteiger partial charge in [0.15, 0.2) is 6.29 Å². The molecule has 37 heavy (non-hydrogen) atoms. The molecular formula is C28H57NO8. The molecule has 0 amide bonds. The summed E-state index contributed by atoms with van der Waals surface area (Å²) in [4.78, 5) is 0. The van der Waals surface area contributed by atoms with E-state index in [1.165, 1.54) is 64.2 Å². The van der Waals surface area contributed by atoms with Gasteiger partial charge >= 0.3 is 0 Å². The van der Waals surface area contributed by atoms with Crippen LogP contribution < -0.4 is 5.73 Å². The van der Waals surface area contributed by atoms with E-state index < -0.39 is 49.5 Å². The van der Waals surface area contributed by atoms with Crippen molar-refractivity contribution in [3.63, 3.8) is 0 Å². The molecule has 1 fully saturated rings. The van der Waals surface area contributed by atoms with E-state index in [0.717, 1.165) is 32.1 Å². The molecule has 0 aromatic rings. The molecule has 1 heterocycles. The summed E-state index contributed by atoms with van der Waals surface area (Å²) in [5, 5.41) is 59.1. The Morgan fingerprint density at radius 2 is 1.05 bits per heavy atom. The molecule has 0 saturated carbocycles. The van der Waals surface area contributed by atoms with Gasteiger partial charge in [-0.2, -0.15) is 0 Å². The number of rotatable bonds is 22. The van der Waals surface area contributed by atoms with Gasteiger partial charge < -0.3 is 45.8 Å². The molecule has 0 aliphatic carbocycles. The van der Waals surface area contributed by atoms with Gasteiger partial charge in [-0.25, -0.2) is 0 Å². The van der Waals surface area contributed by atoms with Crippen molar-refractivity contribution in [2.24, 2.45) is 5.73 Å². The minimum absolute atomic E-state index is 0.127. The molecule has 9 heteroatoms. The van der Waals surface area contributed by atoms with Gasteiger partial charge in [0.25, 0.3) is 0 Å². The van der Waals surface area contributed by atoms with Crippen LogP contribution in [0, 0.1) is 0 Å². The van der Waals surface area contributed by atoms with Gasteiger partial charge in [0.2, 0.25) is 0 Å². The fourth-order valence-corrected chi connectivity index (χ4v) is 4.81. The Balaban J connectivity index is 1.94. The first kappa shape index (κ1) is 34.7. The predicted octanol–water partition coefficient (Wildman–Crippen LogP) is 2.50. The largest absolute Gasteiger partial charge is 0.394 e. The molecule has 0 radical (unpaired) electrons. The Morgan fingerprint density at radius 3 is 1.46 bits per heavy atom. The van der Waals surface area contributed by atoms with E-state index in [0.29, 0.717) is 6.42 Å². The van der Waals surface area contributed by atoms with Crippen LogP contribution in [0.15, 0.2) is 0 Å². The SMILES string of the molecule is C[C@H](O[C@H]1O[C@@H](CO)[C@H](O)[C@@H](O)[C@@H]1O)[C@@H](O)CCCCCCCCCCCCCCCC[C@@H](O)[C@@H](C)N. The molecule has 0 spiro atoms. The van der Waals surface area contributed by atoms with Crippen molar-refractivity contribution in [1.29, 1.82) is 0 Å². The zero-order valence-corrected chi connectivity index (χ0v) is 23.3. The number of nitrogens with two attached hydrogens (primary N) is 1. The monoisotopic (exact) mass is 535 g/mol. The smallest absolute Gasteiger partial charge is 0.187 e. The van der Waals surface area contributed by atoms with E-state index in [9.17, 15) is 30.6 Å². The number of aliphatic hydroxyl groups excluding tert-OH is 6. The molecule has 0 aromatic heterocycles. The molecule has 0 unspecified atom stereocenters. The van der Waals surface area contributed by atoms with Gasteiger partial charge in [-0.3, -0.25) is 0 Å². The molecule has 1 aliphatic heterocycles. The van der Waals surface area contributed by atoms with E-state index in [2.05, 4.69) is 0 Å². The van der Waals surface area contributed by atoms with Crippen molar-refractivity contribution in [3.8, 4) is 0 Å². The van der Waals surface area contributed by atoms with Crippen molar-refractivity contribution in [1.82, 2.24) is 0 Å². The minimum atomic E-state index is -1.48. The normalized spacial score (nSPS) is 27.6. The average molecular weight is 536 g/mol. The zero-order valence-electron chi connectivity index (χ0n) is 23.3. The Labute approximate surface area is 224 Å². The van der Waals surface area contributed by atoms with Crippen LogP contribution in [0.3, 0.4) is 0 Å². The number of unbranched alkanes of at least 4 members (excludes halogenated alkanes) is 13. The number of aliphatic hydroxyl groups is 6. The Bertz CT molecular complexity index is 538. The molecule has 1 aliphatic rings. The van der Waals surface area contributed by atoms with Crippen molar-refractivity contribution in [2.45, 2.75) is 172 Å². The molecule has 9 atom stereocenters. The van der Waals surface area contributed by atoms with Crippen LogP contribution in [0.25, 0.3) is 0 Å². The summed E-state index contributed by atoms with van der Waals surface area (Å²) in [6.45, 7) is 3.03. The van der Waals surface area contributed by atoms with Crippen LogP contribution in [-0.2, 0) is 9.47 Å². The molecule has 222 valence electrons. The van der Waals surface area contributed by atoms with Crippen molar-refractivity contribution < 1.29 is 40.1 Å². The summed E-state index contributed by atoms with van der Waals surface area (Å²) in [5.41, 5.74) is 5.67. The second-order valence-corrected chi connectivity index (χ2v) is 11.1. The summed E-state index contributed by atoms with van der Waals surface area (Å²) in [5.74, 6) is 0. The van der Waals surface area contributed by atoms with Gasteiger partial charge in [-0.05, 0) is 26.7 Å². The zero-order chi connectivity index (χ0) is 27.6. The van der Waals surface area contributed by atoms with Crippen LogP contribution in [-0.4, -0.2) is 92.3 Å². The standard InChI is InChI=1S/C28H57NO8/c1-20(29)22(31)17-15-13-11-9-7-5-3-4-6-8-10-12-14-16-18-23(32)21(2)36-28-27(35)26(34)25(33)24(19-30)37-28/h20-28,30-35H,3-19,29H2,1-2H3/t20-,21+,22-,23+,24+,25+,26-,27+,28+/m1/s1. The molecule has 1 rings (SSSR count). The molecule has 0 aromatic carbocycles. The van der Waals surface area contributed by atoms with Crippen LogP contribution in [0.4, 0.5) is 0 Å². The summed E-state index contributed by atoms with van der Waals surface area (Å²) in [6, 6.07) is -0.127. The lowest BCUT2D eigenvalue weighted by Gasteiger charge is -2.41.